The average Bonchev–Trinajstić information content (AvgIpc) is 2.03. The molecule has 0 unspecified atom stereocenters. The van der Waals surface area contributed by atoms with Crippen molar-refractivity contribution in [3.8, 4) is 0 Å². The van der Waals surface area contributed by atoms with Gasteiger partial charge in [-0.3, -0.25) is 0 Å². The van der Waals surface area contributed by atoms with Crippen molar-refractivity contribution in [2.45, 2.75) is 33.1 Å². The highest BCUT2D eigenvalue weighted by Gasteiger charge is 1.87. The van der Waals surface area contributed by atoms with Crippen molar-refractivity contribution in [2.75, 3.05) is 26.2 Å². The molecule has 0 aliphatic carbocycles. The molecule has 0 heterocycles. The van der Waals surface area contributed by atoms with Crippen LogP contribution in [0.4, 0.5) is 0 Å². The molecule has 0 amide bonds. The first-order valence-electron chi connectivity index (χ1n) is 4.83. The Morgan fingerprint density at radius 3 is 1.55 bits per heavy atom. The maximum atomic E-state index is 3.32. The van der Waals surface area contributed by atoms with Crippen LogP contribution >= 0.6 is 0 Å². The zero-order valence-electron chi connectivity index (χ0n) is 7.95. The summed E-state index contributed by atoms with van der Waals surface area (Å²) in [5, 5.41) is 6.64. The summed E-state index contributed by atoms with van der Waals surface area (Å²) in [6.45, 7) is 8.88. The third kappa shape index (κ3) is 9.92. The lowest BCUT2D eigenvalue weighted by Gasteiger charge is -2.02. The molecule has 0 rings (SSSR count). The molecule has 2 N–H and O–H groups in total. The number of nitrogens with one attached hydrogen (secondary N) is 2. The van der Waals surface area contributed by atoms with Gasteiger partial charge in [-0.05, 0) is 39.0 Å². The van der Waals surface area contributed by atoms with E-state index in [0.717, 1.165) is 13.1 Å². The third-order valence-corrected chi connectivity index (χ3v) is 1.71. The van der Waals surface area contributed by atoms with Gasteiger partial charge in [0.05, 0.1) is 0 Å². The van der Waals surface area contributed by atoms with E-state index in [1.54, 1.807) is 0 Å². The van der Waals surface area contributed by atoms with Gasteiger partial charge >= 0.3 is 0 Å². The Bertz CT molecular complexity index is 56.6. The standard InChI is InChI=1S/C9H22N2/c1-3-10-8-6-5-7-9-11-4-2/h10-11H,3-9H2,1-2H3. The normalized spacial score (nSPS) is 10.4. The molecular weight excluding hydrogens is 136 g/mol. The Labute approximate surface area is 70.8 Å². The van der Waals surface area contributed by atoms with E-state index in [-0.39, 0.29) is 0 Å². The lowest BCUT2D eigenvalue weighted by atomic mass is 10.2. The van der Waals surface area contributed by atoms with Crippen LogP contribution in [0.5, 0.6) is 0 Å². The second-order valence-corrected chi connectivity index (χ2v) is 2.77. The molecule has 0 spiro atoms. The lowest BCUT2D eigenvalue weighted by Crippen LogP contribution is -2.16. The van der Waals surface area contributed by atoms with E-state index in [1.807, 2.05) is 0 Å². The number of hydrogen-bond acceptors (Lipinski definition) is 2. The molecular formula is C9H22N2. The molecule has 0 bridgehead atoms. The first-order chi connectivity index (χ1) is 5.41. The maximum Gasteiger partial charge on any atom is -0.00490 e. The minimum Gasteiger partial charge on any atom is -0.317 e. The van der Waals surface area contributed by atoms with E-state index in [1.165, 1.54) is 32.4 Å². The highest BCUT2D eigenvalue weighted by Crippen LogP contribution is 1.91. The zero-order valence-corrected chi connectivity index (χ0v) is 7.95. The Morgan fingerprint density at radius 1 is 0.727 bits per heavy atom. The molecule has 0 aromatic rings. The summed E-state index contributed by atoms with van der Waals surface area (Å²) in [4.78, 5) is 0. The third-order valence-electron chi connectivity index (χ3n) is 1.71. The van der Waals surface area contributed by atoms with E-state index in [9.17, 15) is 0 Å². The van der Waals surface area contributed by atoms with Gasteiger partial charge in [-0.1, -0.05) is 20.3 Å². The zero-order chi connectivity index (χ0) is 8.36. The summed E-state index contributed by atoms with van der Waals surface area (Å²) in [5.41, 5.74) is 0. The lowest BCUT2D eigenvalue weighted by molar-refractivity contribution is 0.587. The van der Waals surface area contributed by atoms with E-state index >= 15 is 0 Å². The number of unbranched alkanes of at least 4 members (excludes halogenated alkanes) is 2. The van der Waals surface area contributed by atoms with Crippen molar-refractivity contribution < 1.29 is 0 Å². The van der Waals surface area contributed by atoms with Crippen molar-refractivity contribution in [1.29, 1.82) is 0 Å². The Kier molecular flexibility index (Phi) is 9.85. The molecule has 2 nitrogen and oxygen atoms in total. The first kappa shape index (κ1) is 10.9. The SMILES string of the molecule is CCNCCCCCNCC. The van der Waals surface area contributed by atoms with Gasteiger partial charge in [0, 0.05) is 0 Å². The first-order valence-corrected chi connectivity index (χ1v) is 4.83. The van der Waals surface area contributed by atoms with Crippen LogP contribution in [0.3, 0.4) is 0 Å². The van der Waals surface area contributed by atoms with Crippen molar-refractivity contribution >= 4 is 0 Å². The molecule has 0 saturated carbocycles. The topological polar surface area (TPSA) is 24.1 Å². The van der Waals surface area contributed by atoms with Gasteiger partial charge in [0.15, 0.2) is 0 Å². The number of rotatable bonds is 8. The largest absolute Gasteiger partial charge is 0.317 e. The highest BCUT2D eigenvalue weighted by atomic mass is 14.8. The predicted molar refractivity (Wildman–Crippen MR) is 50.9 cm³/mol. The second-order valence-electron chi connectivity index (χ2n) is 2.77. The van der Waals surface area contributed by atoms with Crippen LogP contribution in [-0.4, -0.2) is 26.2 Å². The molecule has 68 valence electrons. The molecule has 0 fully saturated rings. The molecule has 0 aliphatic heterocycles. The Hall–Kier alpha value is -0.0800. The second kappa shape index (κ2) is 9.92. The van der Waals surface area contributed by atoms with Crippen LogP contribution in [0, 0.1) is 0 Å². The summed E-state index contributed by atoms with van der Waals surface area (Å²) < 4.78 is 0. The summed E-state index contributed by atoms with van der Waals surface area (Å²) in [5.74, 6) is 0. The van der Waals surface area contributed by atoms with Crippen LogP contribution in [0.2, 0.25) is 0 Å². The van der Waals surface area contributed by atoms with Crippen LogP contribution in [0.1, 0.15) is 33.1 Å². The average molecular weight is 158 g/mol. The van der Waals surface area contributed by atoms with Crippen molar-refractivity contribution in [3.05, 3.63) is 0 Å². The smallest absolute Gasteiger partial charge is 0.00490 e. The maximum absolute atomic E-state index is 3.32. The summed E-state index contributed by atoms with van der Waals surface area (Å²) in [7, 11) is 0. The van der Waals surface area contributed by atoms with E-state index < -0.39 is 0 Å². The molecule has 0 radical (unpaired) electrons. The van der Waals surface area contributed by atoms with E-state index in [2.05, 4.69) is 24.5 Å². The fourth-order valence-corrected chi connectivity index (χ4v) is 1.03. The van der Waals surface area contributed by atoms with Gasteiger partial charge in [-0.15, -0.1) is 0 Å². The van der Waals surface area contributed by atoms with Gasteiger partial charge < -0.3 is 10.6 Å². The minimum absolute atomic E-state index is 1.10. The minimum atomic E-state index is 1.10. The van der Waals surface area contributed by atoms with Gasteiger partial charge in [0.2, 0.25) is 0 Å². The van der Waals surface area contributed by atoms with Crippen LogP contribution < -0.4 is 10.6 Å². The molecule has 0 aromatic heterocycles. The van der Waals surface area contributed by atoms with Crippen molar-refractivity contribution in [1.82, 2.24) is 10.6 Å². The summed E-state index contributed by atoms with van der Waals surface area (Å²) in [6.07, 6.45) is 3.98. The quantitative estimate of drug-likeness (QED) is 0.521. The monoisotopic (exact) mass is 158 g/mol. The predicted octanol–water partition coefficient (Wildman–Crippen LogP) is 1.38. The van der Waals surface area contributed by atoms with Gasteiger partial charge in [-0.2, -0.15) is 0 Å². The summed E-state index contributed by atoms with van der Waals surface area (Å²) in [6, 6.07) is 0. The van der Waals surface area contributed by atoms with E-state index in [4.69, 9.17) is 0 Å². The molecule has 11 heavy (non-hydrogen) atoms. The van der Waals surface area contributed by atoms with Crippen molar-refractivity contribution in [3.63, 3.8) is 0 Å². The molecule has 2 heteroatoms. The van der Waals surface area contributed by atoms with Crippen LogP contribution in [0.15, 0.2) is 0 Å². The molecule has 0 atom stereocenters. The van der Waals surface area contributed by atoms with E-state index in [0.29, 0.717) is 0 Å². The van der Waals surface area contributed by atoms with Crippen LogP contribution in [0.25, 0.3) is 0 Å². The Balaban J connectivity index is 2.69. The molecule has 0 aromatic carbocycles. The van der Waals surface area contributed by atoms with Crippen molar-refractivity contribution in [2.24, 2.45) is 0 Å². The summed E-state index contributed by atoms with van der Waals surface area (Å²) >= 11 is 0. The fraction of sp³-hybridized carbons (Fsp3) is 1.00. The molecule has 0 aliphatic rings. The number of hydrogen-bond donors (Lipinski definition) is 2. The molecule has 0 saturated heterocycles. The van der Waals surface area contributed by atoms with Gasteiger partial charge in [0.25, 0.3) is 0 Å². The highest BCUT2D eigenvalue weighted by molar-refractivity contribution is 4.48. The fourth-order valence-electron chi connectivity index (χ4n) is 1.03. The van der Waals surface area contributed by atoms with Gasteiger partial charge in [-0.25, -0.2) is 0 Å². The van der Waals surface area contributed by atoms with Gasteiger partial charge in [0.1, 0.15) is 0 Å². The Morgan fingerprint density at radius 2 is 1.18 bits per heavy atom. The van der Waals surface area contributed by atoms with Crippen LogP contribution in [-0.2, 0) is 0 Å².